The lowest BCUT2D eigenvalue weighted by Crippen LogP contribution is -2.32. The maximum Gasteiger partial charge on any atom is 0.167 e. The summed E-state index contributed by atoms with van der Waals surface area (Å²) < 4.78 is 7.55. The number of rotatable bonds is 4. The molecule has 2 aliphatic rings. The van der Waals surface area contributed by atoms with Gasteiger partial charge in [-0.15, -0.1) is 0 Å². The first-order valence-corrected chi connectivity index (χ1v) is 9.26. The van der Waals surface area contributed by atoms with Crippen molar-refractivity contribution in [3.05, 3.63) is 12.7 Å². The number of nitrogen functional groups attached to an aromatic ring is 1. The molecule has 1 aliphatic heterocycles. The van der Waals surface area contributed by atoms with Gasteiger partial charge < -0.3 is 20.7 Å². The van der Waals surface area contributed by atoms with E-state index in [0.29, 0.717) is 22.2 Å². The van der Waals surface area contributed by atoms with Gasteiger partial charge in [-0.1, -0.05) is 12.8 Å². The van der Waals surface area contributed by atoms with Crippen LogP contribution < -0.4 is 5.73 Å². The van der Waals surface area contributed by atoms with Crippen LogP contribution in [-0.2, 0) is 4.74 Å². The van der Waals surface area contributed by atoms with Gasteiger partial charge >= 0.3 is 0 Å². The summed E-state index contributed by atoms with van der Waals surface area (Å²) in [6.45, 7) is 0. The second-order valence-electron chi connectivity index (χ2n) is 6.37. The average Bonchev–Trinajstić information content (AvgIpc) is 3.28. The number of nitrogens with two attached hydrogens (primary N) is 1. The molecular formula is C15H21N5O3S. The van der Waals surface area contributed by atoms with Crippen molar-refractivity contribution in [1.82, 2.24) is 19.5 Å². The average molecular weight is 351 g/mol. The van der Waals surface area contributed by atoms with Crippen LogP contribution in [0.15, 0.2) is 12.7 Å². The monoisotopic (exact) mass is 351 g/mol. The number of ether oxygens (including phenoxy) is 1. The van der Waals surface area contributed by atoms with E-state index in [1.165, 1.54) is 38.3 Å². The van der Waals surface area contributed by atoms with Crippen LogP contribution >= 0.6 is 11.8 Å². The highest BCUT2D eigenvalue weighted by Gasteiger charge is 2.44. The summed E-state index contributed by atoms with van der Waals surface area (Å²) in [5.41, 5.74) is 6.75. The molecule has 2 aromatic rings. The Hall–Kier alpha value is -1.42. The fourth-order valence-electron chi connectivity index (χ4n) is 3.44. The number of aliphatic hydroxyl groups excluding tert-OH is 2. The Balaban J connectivity index is 1.51. The molecule has 2 fully saturated rings. The Labute approximate surface area is 143 Å². The molecule has 1 saturated heterocycles. The summed E-state index contributed by atoms with van der Waals surface area (Å²) in [5, 5.41) is 21.4. The van der Waals surface area contributed by atoms with Crippen molar-refractivity contribution in [3.8, 4) is 0 Å². The molecule has 9 heteroatoms. The number of hydrogen-bond donors (Lipinski definition) is 3. The Morgan fingerprint density at radius 1 is 1.21 bits per heavy atom. The first-order valence-electron chi connectivity index (χ1n) is 8.21. The molecule has 8 nitrogen and oxygen atoms in total. The zero-order valence-electron chi connectivity index (χ0n) is 13.2. The van der Waals surface area contributed by atoms with Gasteiger partial charge in [0.2, 0.25) is 0 Å². The molecule has 4 atom stereocenters. The second-order valence-corrected chi connectivity index (χ2v) is 7.70. The molecule has 0 spiro atoms. The van der Waals surface area contributed by atoms with Crippen LogP contribution in [0.25, 0.3) is 11.2 Å². The molecule has 2 aromatic heterocycles. The van der Waals surface area contributed by atoms with Gasteiger partial charge in [0.05, 0.1) is 12.4 Å². The molecule has 1 saturated carbocycles. The molecule has 130 valence electrons. The third-order valence-electron chi connectivity index (χ3n) is 4.80. The van der Waals surface area contributed by atoms with Crippen molar-refractivity contribution >= 4 is 28.7 Å². The van der Waals surface area contributed by atoms with E-state index < -0.39 is 24.5 Å². The van der Waals surface area contributed by atoms with E-state index in [0.717, 1.165) is 0 Å². The Bertz CT molecular complexity index is 720. The Kier molecular flexibility index (Phi) is 4.33. The summed E-state index contributed by atoms with van der Waals surface area (Å²) in [4.78, 5) is 12.3. The van der Waals surface area contributed by atoms with Crippen LogP contribution in [0.4, 0.5) is 5.82 Å². The molecule has 0 bridgehead atoms. The predicted octanol–water partition coefficient (Wildman–Crippen LogP) is 0.703. The number of anilines is 1. The molecule has 3 heterocycles. The van der Waals surface area contributed by atoms with Crippen molar-refractivity contribution in [2.45, 2.75) is 55.5 Å². The topological polar surface area (TPSA) is 119 Å². The Morgan fingerprint density at radius 2 is 2.00 bits per heavy atom. The van der Waals surface area contributed by atoms with Crippen LogP contribution in [0.5, 0.6) is 0 Å². The third-order valence-corrected chi connectivity index (χ3v) is 6.26. The minimum absolute atomic E-state index is 0.278. The predicted molar refractivity (Wildman–Crippen MR) is 90.4 cm³/mol. The van der Waals surface area contributed by atoms with Crippen molar-refractivity contribution in [1.29, 1.82) is 0 Å². The van der Waals surface area contributed by atoms with E-state index >= 15 is 0 Å². The fourth-order valence-corrected chi connectivity index (χ4v) is 4.84. The second kappa shape index (κ2) is 6.47. The lowest BCUT2D eigenvalue weighted by atomic mass is 10.1. The minimum Gasteiger partial charge on any atom is -0.387 e. The lowest BCUT2D eigenvalue weighted by Gasteiger charge is -2.17. The van der Waals surface area contributed by atoms with E-state index in [1.54, 1.807) is 4.57 Å². The number of aromatic nitrogens is 4. The van der Waals surface area contributed by atoms with Gasteiger partial charge in [0, 0.05) is 11.0 Å². The standard InChI is InChI=1S/C15H21N5O3S/c16-13-10-14(18-6-17-13)20(7-19-10)15-12(22)11(21)9(23-15)5-24-8-3-1-2-4-8/h6-9,11-12,15,21-22H,1-5H2,(H2,16,17,18)/t9-,11-,12+,15-/m0/s1. The third kappa shape index (κ3) is 2.75. The maximum absolute atomic E-state index is 10.4. The highest BCUT2D eigenvalue weighted by Crippen LogP contribution is 2.36. The lowest BCUT2D eigenvalue weighted by molar-refractivity contribution is -0.0289. The van der Waals surface area contributed by atoms with Crippen molar-refractivity contribution in [3.63, 3.8) is 0 Å². The molecule has 4 N–H and O–H groups in total. The molecule has 1 aliphatic carbocycles. The summed E-state index contributed by atoms with van der Waals surface area (Å²) in [6, 6.07) is 0. The molecular weight excluding hydrogens is 330 g/mol. The Morgan fingerprint density at radius 3 is 2.79 bits per heavy atom. The molecule has 0 unspecified atom stereocenters. The number of aliphatic hydroxyl groups is 2. The zero-order valence-corrected chi connectivity index (χ0v) is 14.0. The normalized spacial score (nSPS) is 31.2. The van der Waals surface area contributed by atoms with Crippen LogP contribution in [0.2, 0.25) is 0 Å². The first kappa shape index (κ1) is 16.1. The van der Waals surface area contributed by atoms with E-state index in [4.69, 9.17) is 10.5 Å². The summed E-state index contributed by atoms with van der Waals surface area (Å²) in [5.74, 6) is 0.948. The molecule has 4 rings (SSSR count). The molecule has 0 aromatic carbocycles. The number of hydrogen-bond acceptors (Lipinski definition) is 8. The highest BCUT2D eigenvalue weighted by atomic mass is 32.2. The van der Waals surface area contributed by atoms with E-state index in [2.05, 4.69) is 15.0 Å². The quantitative estimate of drug-likeness (QED) is 0.736. The van der Waals surface area contributed by atoms with Crippen LogP contribution in [0, 0.1) is 0 Å². The summed E-state index contributed by atoms with van der Waals surface area (Å²) in [6.07, 6.45) is 4.76. The minimum atomic E-state index is -1.03. The van der Waals surface area contributed by atoms with Crippen molar-refractivity contribution < 1.29 is 14.9 Å². The van der Waals surface area contributed by atoms with Gasteiger partial charge in [0.15, 0.2) is 17.7 Å². The molecule has 24 heavy (non-hydrogen) atoms. The van der Waals surface area contributed by atoms with Gasteiger partial charge in [-0.25, -0.2) is 15.0 Å². The number of imidazole rings is 1. The van der Waals surface area contributed by atoms with Crippen LogP contribution in [0.1, 0.15) is 31.9 Å². The first-order chi connectivity index (χ1) is 11.6. The molecule has 0 amide bonds. The molecule has 0 radical (unpaired) electrons. The largest absolute Gasteiger partial charge is 0.387 e. The number of thioether (sulfide) groups is 1. The van der Waals surface area contributed by atoms with Gasteiger partial charge in [0.25, 0.3) is 0 Å². The van der Waals surface area contributed by atoms with Gasteiger partial charge in [0.1, 0.15) is 24.1 Å². The smallest absolute Gasteiger partial charge is 0.167 e. The zero-order chi connectivity index (χ0) is 16.7. The summed E-state index contributed by atoms with van der Waals surface area (Å²) in [7, 11) is 0. The fraction of sp³-hybridized carbons (Fsp3) is 0.667. The highest BCUT2D eigenvalue weighted by molar-refractivity contribution is 7.99. The van der Waals surface area contributed by atoms with Crippen molar-refractivity contribution in [2.24, 2.45) is 0 Å². The number of nitrogens with zero attached hydrogens (tertiary/aromatic N) is 4. The van der Waals surface area contributed by atoms with Gasteiger partial charge in [-0.05, 0) is 12.8 Å². The van der Waals surface area contributed by atoms with Gasteiger partial charge in [-0.2, -0.15) is 11.8 Å². The van der Waals surface area contributed by atoms with E-state index in [-0.39, 0.29) is 5.82 Å². The SMILES string of the molecule is Nc1ncnc2c1ncn2[C@H]1O[C@@H](CSC2CCCC2)[C@H](O)[C@H]1O. The van der Waals surface area contributed by atoms with Gasteiger partial charge in [-0.3, -0.25) is 4.57 Å². The summed E-state index contributed by atoms with van der Waals surface area (Å²) >= 11 is 1.83. The van der Waals surface area contributed by atoms with E-state index in [1.807, 2.05) is 11.8 Å². The number of fused-ring (bicyclic) bond motifs is 1. The maximum atomic E-state index is 10.4. The van der Waals surface area contributed by atoms with Crippen molar-refractivity contribution in [2.75, 3.05) is 11.5 Å². The van der Waals surface area contributed by atoms with Crippen LogP contribution in [0.3, 0.4) is 0 Å². The van der Waals surface area contributed by atoms with Crippen LogP contribution in [-0.4, -0.2) is 59.0 Å². The van der Waals surface area contributed by atoms with E-state index in [9.17, 15) is 10.2 Å².